The fourth-order valence-corrected chi connectivity index (χ4v) is 2.20. The first-order valence-corrected chi connectivity index (χ1v) is 6.58. The van der Waals surface area contributed by atoms with Gasteiger partial charge in [0.25, 0.3) is 0 Å². The zero-order chi connectivity index (χ0) is 13.0. The van der Waals surface area contributed by atoms with E-state index >= 15 is 0 Å². The fraction of sp³-hybridized carbons (Fsp3) is 0.294. The van der Waals surface area contributed by atoms with E-state index in [1.165, 1.54) is 16.7 Å². The normalized spacial score (nSPS) is 12.7. The zero-order valence-corrected chi connectivity index (χ0v) is 11.1. The summed E-state index contributed by atoms with van der Waals surface area (Å²) in [6.45, 7) is 4.41. The van der Waals surface area contributed by atoms with Crippen molar-refractivity contribution in [1.82, 2.24) is 0 Å². The van der Waals surface area contributed by atoms with Gasteiger partial charge in [-0.05, 0) is 29.0 Å². The lowest BCUT2D eigenvalue weighted by Gasteiger charge is -2.14. The standard InChI is InChI=1S/C17H21N/c1-13(2)12-17(18)16-10-8-15(9-11-16)14-6-4-3-5-7-14/h3-11,13,17H,12,18H2,1-2H3/t17-/m1/s1. The molecule has 0 bridgehead atoms. The number of benzene rings is 2. The maximum atomic E-state index is 6.18. The monoisotopic (exact) mass is 239 g/mol. The molecule has 0 aliphatic rings. The number of rotatable bonds is 4. The molecule has 0 spiro atoms. The molecule has 0 saturated heterocycles. The Kier molecular flexibility index (Phi) is 4.16. The van der Waals surface area contributed by atoms with Gasteiger partial charge in [-0.15, -0.1) is 0 Å². The van der Waals surface area contributed by atoms with Gasteiger partial charge in [-0.3, -0.25) is 0 Å². The number of hydrogen-bond donors (Lipinski definition) is 1. The molecular weight excluding hydrogens is 218 g/mol. The lowest BCUT2D eigenvalue weighted by Crippen LogP contribution is -2.12. The van der Waals surface area contributed by atoms with E-state index in [0.717, 1.165) is 6.42 Å². The Labute approximate surface area is 110 Å². The molecule has 2 aromatic carbocycles. The molecule has 2 aromatic rings. The molecule has 2 rings (SSSR count). The van der Waals surface area contributed by atoms with Crippen molar-refractivity contribution in [2.75, 3.05) is 0 Å². The first-order valence-electron chi connectivity index (χ1n) is 6.58. The van der Waals surface area contributed by atoms with Gasteiger partial charge in [0.15, 0.2) is 0 Å². The molecule has 1 heteroatoms. The molecule has 0 heterocycles. The third-order valence-electron chi connectivity index (χ3n) is 3.17. The average molecular weight is 239 g/mol. The van der Waals surface area contributed by atoms with E-state index in [1.54, 1.807) is 0 Å². The topological polar surface area (TPSA) is 26.0 Å². The van der Waals surface area contributed by atoms with E-state index in [2.05, 4.69) is 62.4 Å². The van der Waals surface area contributed by atoms with Gasteiger partial charge in [-0.2, -0.15) is 0 Å². The number of nitrogens with two attached hydrogens (primary N) is 1. The smallest absolute Gasteiger partial charge is 0.0297 e. The SMILES string of the molecule is CC(C)C[C@@H](N)c1ccc(-c2ccccc2)cc1. The molecule has 2 N–H and O–H groups in total. The maximum Gasteiger partial charge on any atom is 0.0297 e. The van der Waals surface area contributed by atoms with Crippen molar-refractivity contribution >= 4 is 0 Å². The van der Waals surface area contributed by atoms with Crippen LogP contribution >= 0.6 is 0 Å². The second kappa shape index (κ2) is 5.83. The minimum Gasteiger partial charge on any atom is -0.324 e. The highest BCUT2D eigenvalue weighted by molar-refractivity contribution is 5.63. The number of hydrogen-bond acceptors (Lipinski definition) is 1. The first kappa shape index (κ1) is 12.8. The van der Waals surface area contributed by atoms with Crippen LogP contribution in [0.25, 0.3) is 11.1 Å². The van der Waals surface area contributed by atoms with Crippen molar-refractivity contribution in [2.24, 2.45) is 11.7 Å². The van der Waals surface area contributed by atoms with E-state index in [-0.39, 0.29) is 6.04 Å². The Morgan fingerprint density at radius 1 is 0.833 bits per heavy atom. The Balaban J connectivity index is 2.15. The predicted molar refractivity (Wildman–Crippen MR) is 78.3 cm³/mol. The van der Waals surface area contributed by atoms with Gasteiger partial charge in [-0.25, -0.2) is 0 Å². The molecule has 0 radical (unpaired) electrons. The zero-order valence-electron chi connectivity index (χ0n) is 11.1. The molecule has 18 heavy (non-hydrogen) atoms. The summed E-state index contributed by atoms with van der Waals surface area (Å²) in [5.74, 6) is 0.633. The van der Waals surface area contributed by atoms with Crippen LogP contribution in [-0.2, 0) is 0 Å². The third-order valence-corrected chi connectivity index (χ3v) is 3.17. The molecule has 0 saturated carbocycles. The molecule has 0 fully saturated rings. The van der Waals surface area contributed by atoms with Crippen molar-refractivity contribution in [3.8, 4) is 11.1 Å². The van der Waals surface area contributed by atoms with Crippen molar-refractivity contribution < 1.29 is 0 Å². The minimum absolute atomic E-state index is 0.148. The van der Waals surface area contributed by atoms with Crippen LogP contribution in [0.3, 0.4) is 0 Å². The maximum absolute atomic E-state index is 6.18. The largest absolute Gasteiger partial charge is 0.324 e. The van der Waals surface area contributed by atoms with Crippen molar-refractivity contribution in [3.63, 3.8) is 0 Å². The summed E-state index contributed by atoms with van der Waals surface area (Å²) in [6.07, 6.45) is 1.03. The van der Waals surface area contributed by atoms with Crippen LogP contribution in [0.4, 0.5) is 0 Å². The summed E-state index contributed by atoms with van der Waals surface area (Å²) in [5.41, 5.74) is 9.91. The predicted octanol–water partition coefficient (Wildman–Crippen LogP) is 4.40. The summed E-state index contributed by atoms with van der Waals surface area (Å²) < 4.78 is 0. The van der Waals surface area contributed by atoms with Crippen molar-refractivity contribution in [1.29, 1.82) is 0 Å². The highest BCUT2D eigenvalue weighted by Gasteiger charge is 2.08. The van der Waals surface area contributed by atoms with Crippen molar-refractivity contribution in [2.45, 2.75) is 26.3 Å². The van der Waals surface area contributed by atoms with Crippen LogP contribution < -0.4 is 5.73 Å². The minimum atomic E-state index is 0.148. The summed E-state index contributed by atoms with van der Waals surface area (Å²) in [6, 6.07) is 19.2. The quantitative estimate of drug-likeness (QED) is 0.840. The van der Waals surface area contributed by atoms with Crippen LogP contribution in [0.2, 0.25) is 0 Å². The van der Waals surface area contributed by atoms with E-state index in [4.69, 9.17) is 5.73 Å². The van der Waals surface area contributed by atoms with Crippen molar-refractivity contribution in [3.05, 3.63) is 60.2 Å². The Hall–Kier alpha value is -1.60. The lowest BCUT2D eigenvalue weighted by molar-refractivity contribution is 0.510. The molecule has 0 aliphatic heterocycles. The van der Waals surface area contributed by atoms with Crippen LogP contribution in [-0.4, -0.2) is 0 Å². The van der Waals surface area contributed by atoms with Gasteiger partial charge in [0.05, 0.1) is 0 Å². The molecule has 0 unspecified atom stereocenters. The summed E-state index contributed by atoms with van der Waals surface area (Å²) in [7, 11) is 0. The Morgan fingerprint density at radius 3 is 1.94 bits per heavy atom. The van der Waals surface area contributed by atoms with E-state index < -0.39 is 0 Å². The average Bonchev–Trinajstić information content (AvgIpc) is 2.39. The van der Waals surface area contributed by atoms with Gasteiger partial charge in [0, 0.05) is 6.04 Å². The molecule has 0 aliphatic carbocycles. The molecular formula is C17H21N. The molecule has 1 nitrogen and oxygen atoms in total. The highest BCUT2D eigenvalue weighted by atomic mass is 14.6. The molecule has 0 amide bonds. The fourth-order valence-electron chi connectivity index (χ4n) is 2.20. The first-order chi connectivity index (χ1) is 8.66. The summed E-state index contributed by atoms with van der Waals surface area (Å²) in [4.78, 5) is 0. The highest BCUT2D eigenvalue weighted by Crippen LogP contribution is 2.23. The van der Waals surface area contributed by atoms with E-state index in [9.17, 15) is 0 Å². The third kappa shape index (κ3) is 3.21. The van der Waals surface area contributed by atoms with Gasteiger partial charge in [0.1, 0.15) is 0 Å². The lowest BCUT2D eigenvalue weighted by atomic mass is 9.96. The van der Waals surface area contributed by atoms with E-state index in [0.29, 0.717) is 5.92 Å². The van der Waals surface area contributed by atoms with E-state index in [1.807, 2.05) is 6.07 Å². The Bertz CT molecular complexity index is 471. The second-order valence-corrected chi connectivity index (χ2v) is 5.22. The molecule has 1 atom stereocenters. The van der Waals surface area contributed by atoms with Gasteiger partial charge in [-0.1, -0.05) is 68.4 Å². The van der Waals surface area contributed by atoms with Crippen LogP contribution in [0.5, 0.6) is 0 Å². The van der Waals surface area contributed by atoms with Gasteiger partial charge >= 0.3 is 0 Å². The summed E-state index contributed by atoms with van der Waals surface area (Å²) >= 11 is 0. The van der Waals surface area contributed by atoms with Gasteiger partial charge < -0.3 is 5.73 Å². The van der Waals surface area contributed by atoms with Crippen LogP contribution in [0, 0.1) is 5.92 Å². The summed E-state index contributed by atoms with van der Waals surface area (Å²) in [5, 5.41) is 0. The molecule has 94 valence electrons. The van der Waals surface area contributed by atoms with Gasteiger partial charge in [0.2, 0.25) is 0 Å². The Morgan fingerprint density at radius 2 is 1.39 bits per heavy atom. The van der Waals surface area contributed by atoms with Crippen LogP contribution in [0.1, 0.15) is 31.9 Å². The van der Waals surface area contributed by atoms with Crippen LogP contribution in [0.15, 0.2) is 54.6 Å². The second-order valence-electron chi connectivity index (χ2n) is 5.22. The molecule has 0 aromatic heterocycles.